The van der Waals surface area contributed by atoms with Gasteiger partial charge in [-0.3, -0.25) is 4.90 Å². The van der Waals surface area contributed by atoms with E-state index < -0.39 is 0 Å². The quantitative estimate of drug-likeness (QED) is 0.605. The Morgan fingerprint density at radius 2 is 2.20 bits per heavy atom. The molecule has 1 aromatic rings. The number of ether oxygens (including phenoxy) is 1. The summed E-state index contributed by atoms with van der Waals surface area (Å²) in [5.41, 5.74) is 2.63. The molecular weight excluding hydrogens is 254 g/mol. The molecule has 1 aliphatic rings. The summed E-state index contributed by atoms with van der Waals surface area (Å²) in [6, 6.07) is 6.46. The molecule has 0 amide bonds. The van der Waals surface area contributed by atoms with E-state index in [0.29, 0.717) is 0 Å². The van der Waals surface area contributed by atoms with Gasteiger partial charge in [-0.1, -0.05) is 22.0 Å². The first-order valence-electron chi connectivity index (χ1n) is 5.24. The molecule has 0 saturated heterocycles. The number of benzene rings is 1. The van der Waals surface area contributed by atoms with Gasteiger partial charge in [0.05, 0.1) is 11.6 Å². The highest BCUT2D eigenvalue weighted by molar-refractivity contribution is 9.09. The molecule has 0 fully saturated rings. The average molecular weight is 270 g/mol. The van der Waals surface area contributed by atoms with Gasteiger partial charge in [0.1, 0.15) is 5.75 Å². The van der Waals surface area contributed by atoms with Crippen LogP contribution in [0, 0.1) is 0 Å². The molecule has 2 rings (SSSR count). The number of nitrogens with zero attached hydrogens (tertiary/aromatic N) is 1. The second kappa shape index (κ2) is 4.54. The van der Waals surface area contributed by atoms with E-state index in [1.54, 1.807) is 0 Å². The molecule has 0 aromatic heterocycles. The summed E-state index contributed by atoms with van der Waals surface area (Å²) < 4.78 is 5.59. The van der Waals surface area contributed by atoms with Crippen molar-refractivity contribution in [3.8, 4) is 5.75 Å². The molecule has 15 heavy (non-hydrogen) atoms. The molecule has 0 bridgehead atoms. The van der Waals surface area contributed by atoms with Gasteiger partial charge in [0.25, 0.3) is 0 Å². The third-order valence-electron chi connectivity index (χ3n) is 2.66. The fourth-order valence-corrected chi connectivity index (χ4v) is 2.11. The Morgan fingerprint density at radius 1 is 1.40 bits per heavy atom. The van der Waals surface area contributed by atoms with Crippen LogP contribution in [0.15, 0.2) is 18.2 Å². The Hall–Kier alpha value is -0.540. The first kappa shape index (κ1) is 11.0. The van der Waals surface area contributed by atoms with E-state index in [9.17, 15) is 0 Å². The molecular formula is C12H16BrNO. The maximum atomic E-state index is 5.59. The van der Waals surface area contributed by atoms with Crippen LogP contribution in [0.2, 0.25) is 0 Å². The van der Waals surface area contributed by atoms with E-state index in [1.807, 2.05) is 0 Å². The Labute approximate surface area is 99.4 Å². The Kier molecular flexibility index (Phi) is 3.32. The van der Waals surface area contributed by atoms with Crippen LogP contribution < -0.4 is 4.74 Å². The van der Waals surface area contributed by atoms with Gasteiger partial charge < -0.3 is 4.74 Å². The largest absolute Gasteiger partial charge is 0.493 e. The van der Waals surface area contributed by atoms with Gasteiger partial charge in [-0.15, -0.1) is 0 Å². The molecule has 1 aromatic carbocycles. The molecule has 0 spiro atoms. The minimum atomic E-state index is 0.282. The number of aryl methyl sites for hydroxylation is 1. The van der Waals surface area contributed by atoms with Gasteiger partial charge in [0, 0.05) is 0 Å². The SMILES string of the molecule is CN(C)C(Br)c1ccc2c(c1)CCCO2. The number of hydrogen-bond donors (Lipinski definition) is 0. The van der Waals surface area contributed by atoms with Crippen molar-refractivity contribution in [2.24, 2.45) is 0 Å². The van der Waals surface area contributed by atoms with Gasteiger partial charge in [-0.05, 0) is 50.2 Å². The van der Waals surface area contributed by atoms with Crippen molar-refractivity contribution >= 4 is 15.9 Å². The van der Waals surface area contributed by atoms with Crippen LogP contribution in [0.1, 0.15) is 22.5 Å². The Bertz CT molecular complexity index is 351. The second-order valence-corrected chi connectivity index (χ2v) is 4.99. The minimum Gasteiger partial charge on any atom is -0.493 e. The number of fused-ring (bicyclic) bond motifs is 1. The summed E-state index contributed by atoms with van der Waals surface area (Å²) in [5.74, 6) is 1.06. The smallest absolute Gasteiger partial charge is 0.122 e. The van der Waals surface area contributed by atoms with E-state index >= 15 is 0 Å². The lowest BCUT2D eigenvalue weighted by Crippen LogP contribution is -2.15. The maximum absolute atomic E-state index is 5.59. The summed E-state index contributed by atoms with van der Waals surface area (Å²) in [7, 11) is 4.13. The molecule has 1 heterocycles. The first-order valence-corrected chi connectivity index (χ1v) is 6.16. The van der Waals surface area contributed by atoms with Crippen molar-refractivity contribution in [1.82, 2.24) is 4.90 Å². The molecule has 0 aliphatic carbocycles. The number of hydrogen-bond acceptors (Lipinski definition) is 2. The third kappa shape index (κ3) is 2.34. The zero-order valence-electron chi connectivity index (χ0n) is 9.16. The summed E-state index contributed by atoms with van der Waals surface area (Å²) in [6.07, 6.45) is 2.27. The molecule has 1 unspecified atom stereocenters. The van der Waals surface area contributed by atoms with Crippen molar-refractivity contribution < 1.29 is 4.74 Å². The zero-order chi connectivity index (χ0) is 10.8. The van der Waals surface area contributed by atoms with Crippen molar-refractivity contribution in [2.75, 3.05) is 20.7 Å². The van der Waals surface area contributed by atoms with Crippen LogP contribution in [0.25, 0.3) is 0 Å². The van der Waals surface area contributed by atoms with Crippen LogP contribution in [0.3, 0.4) is 0 Å². The van der Waals surface area contributed by atoms with E-state index in [0.717, 1.165) is 25.2 Å². The monoisotopic (exact) mass is 269 g/mol. The fourth-order valence-electron chi connectivity index (χ4n) is 1.83. The lowest BCUT2D eigenvalue weighted by atomic mass is 10.0. The molecule has 1 aliphatic heterocycles. The zero-order valence-corrected chi connectivity index (χ0v) is 10.8. The van der Waals surface area contributed by atoms with Crippen LogP contribution in [-0.4, -0.2) is 25.6 Å². The Morgan fingerprint density at radius 3 is 2.93 bits per heavy atom. The molecule has 0 N–H and O–H groups in total. The number of rotatable bonds is 2. The van der Waals surface area contributed by atoms with E-state index in [-0.39, 0.29) is 4.95 Å². The molecule has 0 saturated carbocycles. The van der Waals surface area contributed by atoms with Crippen molar-refractivity contribution in [1.29, 1.82) is 0 Å². The minimum absolute atomic E-state index is 0.282. The highest BCUT2D eigenvalue weighted by Crippen LogP contribution is 2.31. The van der Waals surface area contributed by atoms with Crippen LogP contribution >= 0.6 is 15.9 Å². The Balaban J connectivity index is 2.27. The predicted molar refractivity (Wildman–Crippen MR) is 65.6 cm³/mol. The molecule has 82 valence electrons. The highest BCUT2D eigenvalue weighted by atomic mass is 79.9. The van der Waals surface area contributed by atoms with Gasteiger partial charge >= 0.3 is 0 Å². The lowest BCUT2D eigenvalue weighted by Gasteiger charge is -2.22. The lowest BCUT2D eigenvalue weighted by molar-refractivity contribution is 0.288. The predicted octanol–water partition coefficient (Wildman–Crippen LogP) is 2.97. The fraction of sp³-hybridized carbons (Fsp3) is 0.500. The van der Waals surface area contributed by atoms with Crippen LogP contribution in [0.5, 0.6) is 5.75 Å². The van der Waals surface area contributed by atoms with Gasteiger partial charge in [0.15, 0.2) is 0 Å². The third-order valence-corrected chi connectivity index (χ3v) is 4.01. The average Bonchev–Trinajstić information content (AvgIpc) is 2.27. The van der Waals surface area contributed by atoms with Crippen molar-refractivity contribution in [2.45, 2.75) is 17.8 Å². The molecule has 3 heteroatoms. The van der Waals surface area contributed by atoms with E-state index in [1.165, 1.54) is 11.1 Å². The topological polar surface area (TPSA) is 12.5 Å². The van der Waals surface area contributed by atoms with Crippen LogP contribution in [-0.2, 0) is 6.42 Å². The van der Waals surface area contributed by atoms with E-state index in [4.69, 9.17) is 4.74 Å². The van der Waals surface area contributed by atoms with Gasteiger partial charge in [-0.2, -0.15) is 0 Å². The molecule has 2 nitrogen and oxygen atoms in total. The number of halogens is 1. The summed E-state index contributed by atoms with van der Waals surface area (Å²) in [4.78, 5) is 2.43. The van der Waals surface area contributed by atoms with Crippen LogP contribution in [0.4, 0.5) is 0 Å². The van der Waals surface area contributed by atoms with E-state index in [2.05, 4.69) is 53.1 Å². The van der Waals surface area contributed by atoms with Gasteiger partial charge in [-0.25, -0.2) is 0 Å². The molecule has 1 atom stereocenters. The molecule has 0 radical (unpaired) electrons. The van der Waals surface area contributed by atoms with Crippen molar-refractivity contribution in [3.63, 3.8) is 0 Å². The normalized spacial score (nSPS) is 17.1. The summed E-state index contributed by atoms with van der Waals surface area (Å²) in [5, 5.41) is 0. The first-order chi connectivity index (χ1) is 7.18. The standard InChI is InChI=1S/C12H16BrNO/c1-14(2)12(13)10-5-6-11-9(8-10)4-3-7-15-11/h5-6,8,12H,3-4,7H2,1-2H3. The summed E-state index contributed by atoms with van der Waals surface area (Å²) >= 11 is 3.66. The maximum Gasteiger partial charge on any atom is 0.122 e. The van der Waals surface area contributed by atoms with Crippen molar-refractivity contribution in [3.05, 3.63) is 29.3 Å². The highest BCUT2D eigenvalue weighted by Gasteiger charge is 2.14. The van der Waals surface area contributed by atoms with Gasteiger partial charge in [0.2, 0.25) is 0 Å². The summed E-state index contributed by atoms with van der Waals surface area (Å²) in [6.45, 7) is 0.859. The number of alkyl halides is 1. The second-order valence-electron chi connectivity index (χ2n) is 4.12.